The zero-order valence-electron chi connectivity index (χ0n) is 21.6. The van der Waals surface area contributed by atoms with Crippen LogP contribution in [0.25, 0.3) is 0 Å². The Morgan fingerprint density at radius 3 is 2.44 bits per heavy atom. The molecule has 5 rings (SSSR count). The van der Waals surface area contributed by atoms with Gasteiger partial charge in [0.1, 0.15) is 29.0 Å². The van der Waals surface area contributed by atoms with Crippen LogP contribution in [0.5, 0.6) is 0 Å². The first-order valence-electron chi connectivity index (χ1n) is 12.9. The summed E-state index contributed by atoms with van der Waals surface area (Å²) in [5, 5.41) is 57.4. The third kappa shape index (κ3) is 2.77. The molecule has 198 valence electrons. The van der Waals surface area contributed by atoms with Gasteiger partial charge in [0.25, 0.3) is 0 Å². The van der Waals surface area contributed by atoms with Crippen LogP contribution >= 0.6 is 0 Å². The van der Waals surface area contributed by atoms with Gasteiger partial charge in [-0.2, -0.15) is 0 Å². The van der Waals surface area contributed by atoms with E-state index in [2.05, 4.69) is 0 Å². The van der Waals surface area contributed by atoms with Crippen molar-refractivity contribution in [1.82, 2.24) is 0 Å². The average Bonchev–Trinajstić information content (AvgIpc) is 3.10. The van der Waals surface area contributed by atoms with Crippen molar-refractivity contribution >= 4 is 11.8 Å². The molecule has 0 bridgehead atoms. The highest BCUT2D eigenvalue weighted by molar-refractivity contribution is 5.97. The fourth-order valence-electron chi connectivity index (χ4n) is 8.36. The Hall–Kier alpha value is -1.84. The van der Waals surface area contributed by atoms with Crippen molar-refractivity contribution in [2.24, 2.45) is 22.7 Å². The van der Waals surface area contributed by atoms with Gasteiger partial charge in [-0.1, -0.05) is 24.1 Å². The van der Waals surface area contributed by atoms with Crippen molar-refractivity contribution in [1.29, 1.82) is 0 Å². The zero-order valence-corrected chi connectivity index (χ0v) is 21.6. The smallest absolute Gasteiger partial charge is 0.334 e. The van der Waals surface area contributed by atoms with Crippen LogP contribution in [0.3, 0.4) is 0 Å². The van der Waals surface area contributed by atoms with Crippen LogP contribution in [0.1, 0.15) is 66.7 Å². The van der Waals surface area contributed by atoms with Crippen LogP contribution in [-0.2, 0) is 14.3 Å². The first-order valence-corrected chi connectivity index (χ1v) is 12.9. The number of carbonyl (C=O) groups is 2. The number of hydrogen-bond acceptors (Lipinski definition) is 8. The quantitative estimate of drug-likeness (QED) is 0.282. The van der Waals surface area contributed by atoms with Gasteiger partial charge in [0.05, 0.1) is 11.5 Å². The minimum atomic E-state index is -2.01. The maximum atomic E-state index is 13.2. The fourth-order valence-corrected chi connectivity index (χ4v) is 8.36. The predicted octanol–water partition coefficient (Wildman–Crippen LogP) is 1.48. The van der Waals surface area contributed by atoms with Crippen LogP contribution in [0.15, 0.2) is 34.9 Å². The Morgan fingerprint density at radius 2 is 1.81 bits per heavy atom. The minimum absolute atomic E-state index is 0.119. The van der Waals surface area contributed by atoms with E-state index in [-0.39, 0.29) is 30.5 Å². The summed E-state index contributed by atoms with van der Waals surface area (Å²) in [5.74, 6) is -1.54. The Morgan fingerprint density at radius 1 is 1.14 bits per heavy atom. The summed E-state index contributed by atoms with van der Waals surface area (Å²) >= 11 is 0. The topological polar surface area (TPSA) is 145 Å². The van der Waals surface area contributed by atoms with Crippen molar-refractivity contribution in [3.05, 3.63) is 34.9 Å². The third-order valence-electron chi connectivity index (χ3n) is 11.1. The second-order valence-corrected chi connectivity index (χ2v) is 12.4. The monoisotopic (exact) mass is 502 g/mol. The molecular weight excluding hydrogens is 464 g/mol. The summed E-state index contributed by atoms with van der Waals surface area (Å²) in [5.41, 5.74) is -5.60. The maximum Gasteiger partial charge on any atom is 0.334 e. The van der Waals surface area contributed by atoms with Crippen molar-refractivity contribution < 1.29 is 39.9 Å². The number of ether oxygens (including phenoxy) is 1. The van der Waals surface area contributed by atoms with Crippen molar-refractivity contribution in [3.8, 4) is 0 Å². The van der Waals surface area contributed by atoms with Crippen molar-refractivity contribution in [2.75, 3.05) is 0 Å². The second-order valence-electron chi connectivity index (χ2n) is 12.4. The number of rotatable bonds is 2. The maximum absolute atomic E-state index is 13.2. The molecule has 4 aliphatic carbocycles. The molecule has 8 nitrogen and oxygen atoms in total. The molecule has 0 radical (unpaired) electrons. The lowest BCUT2D eigenvalue weighted by atomic mass is 9.43. The SMILES string of the molecule is CC1=C(C)C(=O)OC(C(C)(O)C2(O)CC=C3C4CC(O)C5(O)C(O)C=CC(=O)C5(C)C4CCC32C)C1. The lowest BCUT2D eigenvalue weighted by molar-refractivity contribution is -0.259. The van der Waals surface area contributed by atoms with E-state index >= 15 is 0 Å². The van der Waals surface area contributed by atoms with Gasteiger partial charge in [0.15, 0.2) is 5.78 Å². The number of fused-ring (bicyclic) bond motifs is 5. The van der Waals surface area contributed by atoms with Crippen molar-refractivity contribution in [3.63, 3.8) is 0 Å². The number of esters is 1. The molecule has 5 N–H and O–H groups in total. The van der Waals surface area contributed by atoms with Crippen LogP contribution in [0.4, 0.5) is 0 Å². The molecule has 0 spiro atoms. The molecule has 2 saturated carbocycles. The Labute approximate surface area is 211 Å². The van der Waals surface area contributed by atoms with Gasteiger partial charge in [-0.25, -0.2) is 4.79 Å². The van der Waals surface area contributed by atoms with Gasteiger partial charge < -0.3 is 30.3 Å². The molecule has 0 aromatic rings. The van der Waals surface area contributed by atoms with Gasteiger partial charge >= 0.3 is 5.97 Å². The molecule has 0 amide bonds. The molecule has 0 saturated heterocycles. The highest BCUT2D eigenvalue weighted by Crippen LogP contribution is 2.68. The number of ketones is 1. The molecule has 36 heavy (non-hydrogen) atoms. The summed E-state index contributed by atoms with van der Waals surface area (Å²) in [6.45, 7) is 8.55. The molecule has 10 atom stereocenters. The Bertz CT molecular complexity index is 1120. The highest BCUT2D eigenvalue weighted by atomic mass is 16.6. The average molecular weight is 503 g/mol. The molecule has 5 aliphatic rings. The number of hydrogen-bond donors (Lipinski definition) is 5. The molecule has 0 aromatic heterocycles. The van der Waals surface area contributed by atoms with E-state index < -0.39 is 51.9 Å². The van der Waals surface area contributed by atoms with Gasteiger partial charge in [0, 0.05) is 17.4 Å². The lowest BCUT2D eigenvalue weighted by Gasteiger charge is -2.64. The second kappa shape index (κ2) is 7.60. The van der Waals surface area contributed by atoms with Gasteiger partial charge in [-0.3, -0.25) is 4.79 Å². The molecule has 1 heterocycles. The van der Waals surface area contributed by atoms with E-state index in [4.69, 9.17) is 4.74 Å². The van der Waals surface area contributed by atoms with Gasteiger partial charge in [0.2, 0.25) is 0 Å². The summed E-state index contributed by atoms with van der Waals surface area (Å²) in [6.07, 6.45) is 2.17. The summed E-state index contributed by atoms with van der Waals surface area (Å²) in [6, 6.07) is 0. The summed E-state index contributed by atoms with van der Waals surface area (Å²) in [7, 11) is 0. The van der Waals surface area contributed by atoms with E-state index in [9.17, 15) is 35.1 Å². The van der Waals surface area contributed by atoms with E-state index in [0.29, 0.717) is 24.8 Å². The third-order valence-corrected chi connectivity index (χ3v) is 11.1. The first kappa shape index (κ1) is 25.8. The van der Waals surface area contributed by atoms with Gasteiger partial charge in [-0.15, -0.1) is 0 Å². The van der Waals surface area contributed by atoms with Crippen LogP contribution in [0.2, 0.25) is 0 Å². The molecule has 10 unspecified atom stereocenters. The Kier molecular flexibility index (Phi) is 5.45. The van der Waals surface area contributed by atoms with Crippen LogP contribution in [0, 0.1) is 22.7 Å². The van der Waals surface area contributed by atoms with Crippen molar-refractivity contribution in [2.45, 2.75) is 102 Å². The van der Waals surface area contributed by atoms with Gasteiger partial charge in [-0.05, 0) is 77.4 Å². The summed E-state index contributed by atoms with van der Waals surface area (Å²) in [4.78, 5) is 25.7. The number of cyclic esters (lactones) is 1. The van der Waals surface area contributed by atoms with E-state index in [0.717, 1.165) is 11.1 Å². The Balaban J connectivity index is 1.53. The number of allylic oxidation sites excluding steroid dienone is 1. The molecule has 8 heteroatoms. The van der Waals surface area contributed by atoms with Crippen LogP contribution in [-0.4, -0.2) is 72.4 Å². The van der Waals surface area contributed by atoms with E-state index in [1.54, 1.807) is 13.8 Å². The molecule has 1 aliphatic heterocycles. The normalized spacial score (nSPS) is 50.1. The zero-order chi connectivity index (χ0) is 26.6. The molecule has 2 fully saturated rings. The molecule has 0 aromatic carbocycles. The van der Waals surface area contributed by atoms with E-state index in [1.807, 2.05) is 19.9 Å². The fraction of sp³-hybridized carbons (Fsp3) is 0.714. The highest BCUT2D eigenvalue weighted by Gasteiger charge is 2.73. The number of aliphatic hydroxyl groups excluding tert-OH is 2. The number of aliphatic hydroxyl groups is 5. The first-order chi connectivity index (χ1) is 16.6. The number of carbonyl (C=O) groups excluding carboxylic acids is 2. The summed E-state index contributed by atoms with van der Waals surface area (Å²) < 4.78 is 5.60. The standard InChI is InChI=1S/C28H38O8/c1-14-12-22(36-23(32)15(14)2)26(5,33)27(34)11-9-17-16-13-21(31)28(35)20(30)7-6-19(29)25(28,4)18(16)8-10-24(17,27)3/h6-7,9,16,18,20-22,30-31,33-35H,8,10-13H2,1-5H3. The molecular formula is C28H38O8. The van der Waals surface area contributed by atoms with E-state index in [1.165, 1.54) is 19.1 Å². The largest absolute Gasteiger partial charge is 0.455 e. The lowest BCUT2D eigenvalue weighted by Crippen LogP contribution is -2.74. The van der Waals surface area contributed by atoms with Crippen LogP contribution < -0.4 is 0 Å². The predicted molar refractivity (Wildman–Crippen MR) is 129 cm³/mol. The minimum Gasteiger partial charge on any atom is -0.455 e.